The standard InChI is InChI=1S/C19H23N3O3/c1-19-11-22(10-14(19)12-4-5-13(19)9-12)16(24)6-8-21-18(25)17-15(23)3-2-7-20-17/h2-5,7,12-14,23H,6,8-11H2,1H3,(H,21,25)/t12-,13+,14-,19+/m0/s1. The second kappa shape index (κ2) is 5.86. The van der Waals surface area contributed by atoms with Crippen LogP contribution in [0, 0.1) is 23.2 Å². The number of nitrogens with one attached hydrogen (secondary N) is 1. The Bertz CT molecular complexity index is 747. The quantitative estimate of drug-likeness (QED) is 0.815. The fraction of sp³-hybridized carbons (Fsp3) is 0.526. The highest BCUT2D eigenvalue weighted by molar-refractivity contribution is 5.94. The summed E-state index contributed by atoms with van der Waals surface area (Å²) in [6.45, 7) is 4.20. The Labute approximate surface area is 146 Å². The number of aromatic hydroxyl groups is 1. The summed E-state index contributed by atoms with van der Waals surface area (Å²) in [6, 6.07) is 2.97. The van der Waals surface area contributed by atoms with Gasteiger partial charge >= 0.3 is 0 Å². The van der Waals surface area contributed by atoms with Gasteiger partial charge in [-0.15, -0.1) is 0 Å². The number of hydrogen-bond donors (Lipinski definition) is 2. The number of pyridine rings is 1. The molecule has 4 atom stereocenters. The van der Waals surface area contributed by atoms with E-state index in [9.17, 15) is 14.7 Å². The van der Waals surface area contributed by atoms with Gasteiger partial charge in [0.25, 0.3) is 5.91 Å². The summed E-state index contributed by atoms with van der Waals surface area (Å²) in [5.74, 6) is 1.27. The van der Waals surface area contributed by atoms with E-state index in [1.807, 2.05) is 4.90 Å². The van der Waals surface area contributed by atoms with Gasteiger partial charge in [0.2, 0.25) is 5.91 Å². The minimum absolute atomic E-state index is 0.0131. The van der Waals surface area contributed by atoms with Crippen LogP contribution in [0.1, 0.15) is 30.3 Å². The zero-order valence-corrected chi connectivity index (χ0v) is 14.3. The second-order valence-corrected chi connectivity index (χ2v) is 7.65. The number of nitrogens with zero attached hydrogens (tertiary/aromatic N) is 2. The fourth-order valence-corrected chi connectivity index (χ4v) is 4.86. The number of amides is 2. The molecule has 2 aliphatic carbocycles. The lowest BCUT2D eigenvalue weighted by Crippen LogP contribution is -2.35. The Morgan fingerprint density at radius 1 is 1.44 bits per heavy atom. The van der Waals surface area contributed by atoms with E-state index in [1.54, 1.807) is 6.07 Å². The lowest BCUT2D eigenvalue weighted by atomic mass is 9.72. The third kappa shape index (κ3) is 2.60. The maximum absolute atomic E-state index is 12.5. The first-order chi connectivity index (χ1) is 12.0. The van der Waals surface area contributed by atoms with Crippen LogP contribution in [0.4, 0.5) is 0 Å². The molecule has 1 saturated carbocycles. The zero-order valence-electron chi connectivity index (χ0n) is 14.3. The van der Waals surface area contributed by atoms with Gasteiger partial charge in [-0.2, -0.15) is 0 Å². The molecule has 2 heterocycles. The summed E-state index contributed by atoms with van der Waals surface area (Å²) < 4.78 is 0. The molecule has 1 aromatic rings. The molecule has 2 N–H and O–H groups in total. The molecule has 0 radical (unpaired) electrons. The van der Waals surface area contributed by atoms with E-state index in [2.05, 4.69) is 29.4 Å². The number of fused-ring (bicyclic) bond motifs is 5. The van der Waals surface area contributed by atoms with E-state index in [0.29, 0.717) is 17.8 Å². The first kappa shape index (κ1) is 16.1. The topological polar surface area (TPSA) is 82.5 Å². The van der Waals surface area contributed by atoms with Gasteiger partial charge in [-0.25, -0.2) is 4.98 Å². The largest absolute Gasteiger partial charge is 0.505 e. The second-order valence-electron chi connectivity index (χ2n) is 7.65. The Hall–Kier alpha value is -2.37. The van der Waals surface area contributed by atoms with Crippen molar-refractivity contribution < 1.29 is 14.7 Å². The SMILES string of the molecule is C[C@]12CN(C(=O)CCNC(=O)c3ncccc3O)C[C@H]1[C@H]1C=C[C@@H]2C1. The number of aromatic nitrogens is 1. The molecule has 3 aliphatic rings. The summed E-state index contributed by atoms with van der Waals surface area (Å²) in [5.41, 5.74) is 0.207. The predicted molar refractivity (Wildman–Crippen MR) is 91.8 cm³/mol. The van der Waals surface area contributed by atoms with Crippen molar-refractivity contribution in [2.24, 2.45) is 23.2 Å². The highest BCUT2D eigenvalue weighted by atomic mass is 16.3. The third-order valence-corrected chi connectivity index (χ3v) is 6.25. The van der Waals surface area contributed by atoms with E-state index in [0.717, 1.165) is 13.1 Å². The van der Waals surface area contributed by atoms with Crippen LogP contribution in [-0.4, -0.2) is 46.4 Å². The highest BCUT2D eigenvalue weighted by Crippen LogP contribution is 2.59. The van der Waals surface area contributed by atoms with Crippen LogP contribution in [0.25, 0.3) is 0 Å². The number of rotatable bonds is 4. The third-order valence-electron chi connectivity index (χ3n) is 6.25. The minimum atomic E-state index is -0.460. The molecule has 6 heteroatoms. The van der Waals surface area contributed by atoms with Crippen molar-refractivity contribution in [1.29, 1.82) is 0 Å². The van der Waals surface area contributed by atoms with Crippen LogP contribution in [0.15, 0.2) is 30.5 Å². The lowest BCUT2D eigenvalue weighted by molar-refractivity contribution is -0.130. The van der Waals surface area contributed by atoms with Gasteiger partial charge in [-0.1, -0.05) is 19.1 Å². The summed E-state index contributed by atoms with van der Waals surface area (Å²) in [7, 11) is 0. The number of carbonyl (C=O) groups excluding carboxylic acids is 2. The van der Waals surface area contributed by atoms with Crippen molar-refractivity contribution in [3.63, 3.8) is 0 Å². The van der Waals surface area contributed by atoms with E-state index < -0.39 is 5.91 Å². The van der Waals surface area contributed by atoms with Crippen molar-refractivity contribution in [2.45, 2.75) is 19.8 Å². The average molecular weight is 341 g/mol. The van der Waals surface area contributed by atoms with Crippen LogP contribution in [0.5, 0.6) is 5.75 Å². The summed E-state index contributed by atoms with van der Waals surface area (Å²) >= 11 is 0. The van der Waals surface area contributed by atoms with E-state index in [-0.39, 0.29) is 35.7 Å². The van der Waals surface area contributed by atoms with Crippen LogP contribution >= 0.6 is 0 Å². The molecular weight excluding hydrogens is 318 g/mol. The van der Waals surface area contributed by atoms with Gasteiger partial charge in [0.05, 0.1) is 0 Å². The molecule has 2 amide bonds. The van der Waals surface area contributed by atoms with Gasteiger partial charge in [-0.3, -0.25) is 9.59 Å². The van der Waals surface area contributed by atoms with Crippen molar-refractivity contribution in [3.05, 3.63) is 36.2 Å². The lowest BCUT2D eigenvalue weighted by Gasteiger charge is -2.31. The fourth-order valence-electron chi connectivity index (χ4n) is 4.86. The van der Waals surface area contributed by atoms with Gasteiger partial charge in [0.1, 0.15) is 5.75 Å². The van der Waals surface area contributed by atoms with Crippen LogP contribution < -0.4 is 5.32 Å². The molecule has 6 nitrogen and oxygen atoms in total. The summed E-state index contributed by atoms with van der Waals surface area (Å²) in [4.78, 5) is 30.4. The number of carbonyl (C=O) groups is 2. The van der Waals surface area contributed by atoms with Crippen molar-refractivity contribution >= 4 is 11.8 Å². The summed E-state index contributed by atoms with van der Waals surface area (Å²) in [5, 5.41) is 12.3. The molecule has 4 rings (SSSR count). The minimum Gasteiger partial charge on any atom is -0.505 e. The van der Waals surface area contributed by atoms with Crippen LogP contribution in [0.2, 0.25) is 0 Å². The van der Waals surface area contributed by atoms with Crippen LogP contribution in [-0.2, 0) is 4.79 Å². The van der Waals surface area contributed by atoms with Gasteiger partial charge in [0, 0.05) is 32.3 Å². The number of allylic oxidation sites excluding steroid dienone is 2. The molecule has 2 fully saturated rings. The Morgan fingerprint density at radius 3 is 3.04 bits per heavy atom. The number of likely N-dealkylation sites (tertiary alicyclic amines) is 1. The molecule has 0 spiro atoms. The molecule has 1 saturated heterocycles. The Morgan fingerprint density at radius 2 is 2.28 bits per heavy atom. The van der Waals surface area contributed by atoms with Gasteiger partial charge < -0.3 is 15.3 Å². The molecule has 0 aromatic carbocycles. The molecule has 132 valence electrons. The molecule has 1 aliphatic heterocycles. The number of hydrogen-bond acceptors (Lipinski definition) is 4. The van der Waals surface area contributed by atoms with E-state index >= 15 is 0 Å². The monoisotopic (exact) mass is 341 g/mol. The van der Waals surface area contributed by atoms with Gasteiger partial charge in [0.15, 0.2) is 5.69 Å². The summed E-state index contributed by atoms with van der Waals surface area (Å²) in [6.07, 6.45) is 7.61. The van der Waals surface area contributed by atoms with Crippen molar-refractivity contribution in [2.75, 3.05) is 19.6 Å². The molecule has 1 aromatic heterocycles. The molecule has 0 unspecified atom stereocenters. The molecule has 2 bridgehead atoms. The van der Waals surface area contributed by atoms with Crippen molar-refractivity contribution in [3.8, 4) is 5.75 Å². The highest BCUT2D eigenvalue weighted by Gasteiger charge is 2.57. The van der Waals surface area contributed by atoms with E-state index in [1.165, 1.54) is 18.7 Å². The molecule has 25 heavy (non-hydrogen) atoms. The molecular formula is C19H23N3O3. The van der Waals surface area contributed by atoms with Gasteiger partial charge in [-0.05, 0) is 41.7 Å². The average Bonchev–Trinajstić information content (AvgIpc) is 3.25. The maximum Gasteiger partial charge on any atom is 0.273 e. The maximum atomic E-state index is 12.5. The normalized spacial score (nSPS) is 32.0. The first-order valence-corrected chi connectivity index (χ1v) is 8.87. The van der Waals surface area contributed by atoms with E-state index in [4.69, 9.17) is 0 Å². The Balaban J connectivity index is 1.29. The van der Waals surface area contributed by atoms with Crippen molar-refractivity contribution in [1.82, 2.24) is 15.2 Å². The predicted octanol–water partition coefficient (Wildman–Crippen LogP) is 1.58. The Kier molecular flexibility index (Phi) is 3.78. The smallest absolute Gasteiger partial charge is 0.273 e. The van der Waals surface area contributed by atoms with Crippen LogP contribution in [0.3, 0.4) is 0 Å². The first-order valence-electron chi connectivity index (χ1n) is 8.87. The zero-order chi connectivity index (χ0) is 17.6.